The Morgan fingerprint density at radius 3 is 2.07 bits per heavy atom. The molecule has 0 saturated heterocycles. The summed E-state index contributed by atoms with van der Waals surface area (Å²) in [6, 6.07) is 31.2. The monoisotopic (exact) mass is 356 g/mol. The lowest BCUT2D eigenvalue weighted by atomic mass is 9.48. The Morgan fingerprint density at radius 2 is 1.18 bits per heavy atom. The number of benzene rings is 4. The van der Waals surface area contributed by atoms with Crippen LogP contribution in [0.5, 0.6) is 0 Å². The molecule has 3 heterocycles. The Balaban J connectivity index is 1.67. The summed E-state index contributed by atoms with van der Waals surface area (Å²) >= 11 is 0. The van der Waals surface area contributed by atoms with Gasteiger partial charge < -0.3 is 9.71 Å². The molecule has 0 spiro atoms. The number of hydrogen-bond donors (Lipinski definition) is 0. The third-order valence-electron chi connectivity index (χ3n) is 6.59. The van der Waals surface area contributed by atoms with Gasteiger partial charge in [0, 0.05) is 12.6 Å². The van der Waals surface area contributed by atoms with Crippen molar-refractivity contribution in [1.29, 1.82) is 0 Å². The molecule has 0 amide bonds. The number of fused-ring (bicyclic) bond motifs is 7. The van der Waals surface area contributed by atoms with E-state index in [1.54, 1.807) is 0 Å². The lowest BCUT2D eigenvalue weighted by molar-refractivity contribution is 1.15. The smallest absolute Gasteiger partial charge is 0.330 e. The molecule has 0 fully saturated rings. The first kappa shape index (κ1) is 14.6. The van der Waals surface area contributed by atoms with Gasteiger partial charge >= 0.3 is 6.85 Å². The average Bonchev–Trinajstić information content (AvgIpc) is 3.09. The molecule has 0 bridgehead atoms. The molecule has 4 aromatic carbocycles. The molecule has 4 aromatic rings. The molecule has 2 nitrogen and oxygen atoms in total. The predicted octanol–water partition coefficient (Wildman–Crippen LogP) is 4.67. The molecule has 0 unspecified atom stereocenters. The fourth-order valence-electron chi connectivity index (χ4n) is 5.48. The van der Waals surface area contributed by atoms with Gasteiger partial charge in [-0.05, 0) is 45.8 Å². The average molecular weight is 356 g/mol. The van der Waals surface area contributed by atoms with Crippen LogP contribution in [0.25, 0.3) is 22.3 Å². The maximum absolute atomic E-state index is 2.58. The van der Waals surface area contributed by atoms with Gasteiger partial charge in [-0.2, -0.15) is 0 Å². The van der Waals surface area contributed by atoms with Crippen LogP contribution in [-0.4, -0.2) is 13.9 Å². The number of nitrogens with zero attached hydrogens (tertiary/aromatic N) is 2. The SMILES string of the molecule is CN1c2ccccc2N2B3c4ccccc4-c4cccc(c43)-c3cccc1c32. The Kier molecular flexibility index (Phi) is 2.54. The van der Waals surface area contributed by atoms with E-state index >= 15 is 0 Å². The van der Waals surface area contributed by atoms with Crippen LogP contribution in [0.1, 0.15) is 0 Å². The minimum absolute atomic E-state index is 0.228. The van der Waals surface area contributed by atoms with Gasteiger partial charge in [-0.25, -0.2) is 0 Å². The molecule has 28 heavy (non-hydrogen) atoms. The van der Waals surface area contributed by atoms with Crippen molar-refractivity contribution in [2.45, 2.75) is 0 Å². The van der Waals surface area contributed by atoms with Gasteiger partial charge in [0.1, 0.15) is 0 Å². The van der Waals surface area contributed by atoms with E-state index in [9.17, 15) is 0 Å². The summed E-state index contributed by atoms with van der Waals surface area (Å²) in [4.78, 5) is 4.91. The minimum Gasteiger partial charge on any atom is -0.373 e. The van der Waals surface area contributed by atoms with E-state index in [4.69, 9.17) is 0 Å². The van der Waals surface area contributed by atoms with Crippen LogP contribution in [0.3, 0.4) is 0 Å². The quantitative estimate of drug-likeness (QED) is 0.423. The zero-order valence-corrected chi connectivity index (χ0v) is 15.6. The molecular weight excluding hydrogens is 339 g/mol. The van der Waals surface area contributed by atoms with Crippen molar-refractivity contribution in [3.8, 4) is 22.3 Å². The molecule has 130 valence electrons. The Bertz CT molecular complexity index is 1310. The van der Waals surface area contributed by atoms with Crippen LogP contribution in [0.2, 0.25) is 0 Å². The molecule has 3 aliphatic rings. The van der Waals surface area contributed by atoms with E-state index in [1.165, 1.54) is 55.9 Å². The maximum Gasteiger partial charge on any atom is 0.330 e. The number of hydrogen-bond acceptors (Lipinski definition) is 2. The van der Waals surface area contributed by atoms with Crippen molar-refractivity contribution in [2.24, 2.45) is 0 Å². The number of anilines is 4. The summed E-state index contributed by atoms with van der Waals surface area (Å²) in [5.74, 6) is 0. The molecule has 0 radical (unpaired) electrons. The largest absolute Gasteiger partial charge is 0.373 e. The van der Waals surface area contributed by atoms with Gasteiger partial charge in [0.25, 0.3) is 0 Å². The van der Waals surface area contributed by atoms with E-state index in [1.807, 2.05) is 0 Å². The first-order valence-corrected chi connectivity index (χ1v) is 9.82. The fraction of sp³-hybridized carbons (Fsp3) is 0.0400. The van der Waals surface area contributed by atoms with Gasteiger partial charge in [-0.1, -0.05) is 66.7 Å². The zero-order valence-electron chi connectivity index (χ0n) is 15.6. The van der Waals surface area contributed by atoms with Crippen molar-refractivity contribution in [3.05, 3.63) is 84.9 Å². The Labute approximate surface area is 164 Å². The molecule has 0 aromatic heterocycles. The van der Waals surface area contributed by atoms with Crippen LogP contribution >= 0.6 is 0 Å². The van der Waals surface area contributed by atoms with Crippen LogP contribution in [0.4, 0.5) is 22.7 Å². The summed E-state index contributed by atoms with van der Waals surface area (Å²) < 4.78 is 0. The van der Waals surface area contributed by atoms with Crippen LogP contribution < -0.4 is 20.6 Å². The summed E-state index contributed by atoms with van der Waals surface area (Å²) in [6.45, 7) is 0.228. The molecule has 0 saturated carbocycles. The van der Waals surface area contributed by atoms with Crippen molar-refractivity contribution in [2.75, 3.05) is 16.8 Å². The highest BCUT2D eigenvalue weighted by Gasteiger charge is 2.46. The Morgan fingerprint density at radius 1 is 0.571 bits per heavy atom. The van der Waals surface area contributed by atoms with Gasteiger partial charge in [-0.15, -0.1) is 0 Å². The normalized spacial score (nSPS) is 14.4. The van der Waals surface area contributed by atoms with E-state index in [0.717, 1.165) is 0 Å². The van der Waals surface area contributed by atoms with Gasteiger partial charge in [0.2, 0.25) is 0 Å². The van der Waals surface area contributed by atoms with E-state index in [-0.39, 0.29) is 6.85 Å². The number of rotatable bonds is 0. The van der Waals surface area contributed by atoms with Gasteiger partial charge in [0.05, 0.1) is 22.7 Å². The van der Waals surface area contributed by atoms with Crippen LogP contribution in [-0.2, 0) is 0 Å². The van der Waals surface area contributed by atoms with Gasteiger partial charge in [0.15, 0.2) is 0 Å². The second kappa shape index (κ2) is 4.88. The first-order chi connectivity index (χ1) is 13.8. The topological polar surface area (TPSA) is 6.48 Å². The standard InChI is InChI=1S/C25H17BN2/c1-27-21-13-4-5-14-22(21)28-25-19(11-7-15-23(25)27)18-10-6-9-17-16-8-2-3-12-20(16)26(28)24(17)18/h2-15H,1H3. The number of para-hydroxylation sites is 3. The van der Waals surface area contributed by atoms with E-state index < -0.39 is 0 Å². The third-order valence-corrected chi connectivity index (χ3v) is 6.59. The van der Waals surface area contributed by atoms with Crippen molar-refractivity contribution < 1.29 is 0 Å². The summed E-state index contributed by atoms with van der Waals surface area (Å²) in [5, 5.41) is 0. The maximum atomic E-state index is 2.58. The van der Waals surface area contributed by atoms with E-state index in [0.29, 0.717) is 0 Å². The van der Waals surface area contributed by atoms with Crippen LogP contribution in [0.15, 0.2) is 84.9 Å². The van der Waals surface area contributed by atoms with Crippen molar-refractivity contribution in [3.63, 3.8) is 0 Å². The predicted molar refractivity (Wildman–Crippen MR) is 119 cm³/mol. The molecule has 3 aliphatic heterocycles. The summed E-state index contributed by atoms with van der Waals surface area (Å²) in [7, 11) is 2.18. The molecule has 3 heteroatoms. The van der Waals surface area contributed by atoms with Crippen molar-refractivity contribution >= 4 is 40.5 Å². The molecule has 0 N–H and O–H groups in total. The fourth-order valence-corrected chi connectivity index (χ4v) is 5.48. The Hall–Kier alpha value is -3.46. The van der Waals surface area contributed by atoms with Gasteiger partial charge in [-0.3, -0.25) is 0 Å². The lowest BCUT2D eigenvalue weighted by Gasteiger charge is -2.45. The third kappa shape index (κ3) is 1.54. The highest BCUT2D eigenvalue weighted by Crippen LogP contribution is 2.54. The highest BCUT2D eigenvalue weighted by molar-refractivity contribution is 6.95. The van der Waals surface area contributed by atoms with Crippen molar-refractivity contribution in [1.82, 2.24) is 0 Å². The molecule has 0 aliphatic carbocycles. The summed E-state index contributed by atoms with van der Waals surface area (Å²) in [6.07, 6.45) is 0. The second-order valence-electron chi connectivity index (χ2n) is 7.85. The lowest BCUT2D eigenvalue weighted by Crippen LogP contribution is -2.56. The minimum atomic E-state index is 0.228. The zero-order chi connectivity index (χ0) is 18.4. The summed E-state index contributed by atoms with van der Waals surface area (Å²) in [5.41, 5.74) is 13.5. The van der Waals surface area contributed by atoms with E-state index in [2.05, 4.69) is 102 Å². The highest BCUT2D eigenvalue weighted by atomic mass is 15.2. The molecule has 7 rings (SSSR count). The van der Waals surface area contributed by atoms with Crippen LogP contribution in [0, 0.1) is 0 Å². The molecular formula is C25H17BN2. The molecule has 0 atom stereocenters. The first-order valence-electron chi connectivity index (χ1n) is 9.82. The second-order valence-corrected chi connectivity index (χ2v) is 7.85.